The lowest BCUT2D eigenvalue weighted by Crippen LogP contribution is -2.15. The van der Waals surface area contributed by atoms with Crippen molar-refractivity contribution in [2.75, 3.05) is 5.32 Å². The van der Waals surface area contributed by atoms with Gasteiger partial charge in [0.2, 0.25) is 5.95 Å². The number of benzene rings is 1. The highest BCUT2D eigenvalue weighted by molar-refractivity contribution is 6.09. The van der Waals surface area contributed by atoms with Crippen LogP contribution in [0.5, 0.6) is 5.75 Å². The van der Waals surface area contributed by atoms with E-state index in [9.17, 15) is 14.7 Å². The molecule has 8 nitrogen and oxygen atoms in total. The maximum atomic E-state index is 12.1. The number of aromatic hydroxyl groups is 1. The second-order valence-electron chi connectivity index (χ2n) is 4.35. The highest BCUT2D eigenvalue weighted by atomic mass is 16.3. The molecule has 0 aliphatic heterocycles. The van der Waals surface area contributed by atoms with Crippen LogP contribution >= 0.6 is 0 Å². The number of phenolic OH excluding ortho intramolecular Hbond substituents is 1. The monoisotopic (exact) mass is 275 g/mol. The molecule has 0 bridgehead atoms. The van der Waals surface area contributed by atoms with Gasteiger partial charge in [-0.3, -0.25) is 14.9 Å². The van der Waals surface area contributed by atoms with Crippen LogP contribution in [-0.2, 0) is 0 Å². The van der Waals surface area contributed by atoms with Crippen molar-refractivity contribution in [2.45, 2.75) is 20.8 Å². The van der Waals surface area contributed by atoms with E-state index in [-0.39, 0.29) is 28.6 Å². The van der Waals surface area contributed by atoms with Gasteiger partial charge in [0.1, 0.15) is 5.75 Å². The Hall–Kier alpha value is -2.77. The molecule has 8 heteroatoms. The summed E-state index contributed by atoms with van der Waals surface area (Å²) in [4.78, 5) is 23.7. The SMILES string of the molecule is CC(=O)c1c(C)c(C)cc(C(=O)Nc2nnn[nH]2)c1O. The Morgan fingerprint density at radius 3 is 2.60 bits per heavy atom. The molecule has 1 aromatic carbocycles. The smallest absolute Gasteiger partial charge is 0.261 e. The van der Waals surface area contributed by atoms with Crippen molar-refractivity contribution >= 4 is 17.6 Å². The molecule has 1 heterocycles. The van der Waals surface area contributed by atoms with Crippen LogP contribution in [0.3, 0.4) is 0 Å². The normalized spacial score (nSPS) is 10.3. The third kappa shape index (κ3) is 2.35. The van der Waals surface area contributed by atoms with E-state index in [0.29, 0.717) is 5.56 Å². The first kappa shape index (κ1) is 13.7. The average Bonchev–Trinajstić information content (AvgIpc) is 2.86. The van der Waals surface area contributed by atoms with Crippen LogP contribution in [0, 0.1) is 13.8 Å². The number of anilines is 1. The van der Waals surface area contributed by atoms with Crippen LogP contribution in [-0.4, -0.2) is 37.4 Å². The summed E-state index contributed by atoms with van der Waals surface area (Å²) < 4.78 is 0. The number of nitrogens with one attached hydrogen (secondary N) is 2. The first-order valence-electron chi connectivity index (χ1n) is 5.81. The molecule has 0 saturated carbocycles. The summed E-state index contributed by atoms with van der Waals surface area (Å²) in [6.07, 6.45) is 0. The van der Waals surface area contributed by atoms with Gasteiger partial charge in [0.05, 0.1) is 11.1 Å². The van der Waals surface area contributed by atoms with Crippen molar-refractivity contribution in [3.63, 3.8) is 0 Å². The summed E-state index contributed by atoms with van der Waals surface area (Å²) in [6, 6.07) is 1.51. The summed E-state index contributed by atoms with van der Waals surface area (Å²) in [5.41, 5.74) is 1.52. The number of H-pyrrole nitrogens is 1. The Labute approximate surface area is 114 Å². The van der Waals surface area contributed by atoms with Gasteiger partial charge in [-0.05, 0) is 48.4 Å². The predicted molar refractivity (Wildman–Crippen MR) is 69.7 cm³/mol. The van der Waals surface area contributed by atoms with Crippen LogP contribution in [0.15, 0.2) is 6.07 Å². The number of aromatic amines is 1. The summed E-state index contributed by atoms with van der Waals surface area (Å²) in [5.74, 6) is -1.20. The number of hydrogen-bond acceptors (Lipinski definition) is 6. The Morgan fingerprint density at radius 2 is 2.05 bits per heavy atom. The Kier molecular flexibility index (Phi) is 3.47. The molecule has 20 heavy (non-hydrogen) atoms. The third-order valence-corrected chi connectivity index (χ3v) is 2.99. The second-order valence-corrected chi connectivity index (χ2v) is 4.35. The number of tetrazole rings is 1. The fourth-order valence-corrected chi connectivity index (χ4v) is 1.89. The number of carbonyl (C=O) groups excluding carboxylic acids is 2. The molecule has 1 amide bonds. The first-order valence-corrected chi connectivity index (χ1v) is 5.81. The van der Waals surface area contributed by atoms with Crippen molar-refractivity contribution in [2.24, 2.45) is 0 Å². The zero-order valence-corrected chi connectivity index (χ0v) is 11.2. The molecule has 0 aliphatic rings. The predicted octanol–water partition coefficient (Wildman–Crippen LogP) is 0.977. The highest BCUT2D eigenvalue weighted by Gasteiger charge is 2.21. The Bertz CT molecular complexity index is 679. The number of amides is 1. The lowest BCUT2D eigenvalue weighted by atomic mass is 9.95. The van der Waals surface area contributed by atoms with Gasteiger partial charge in [-0.2, -0.15) is 0 Å². The fraction of sp³-hybridized carbons (Fsp3) is 0.250. The number of phenols is 1. The lowest BCUT2D eigenvalue weighted by molar-refractivity contribution is 0.101. The van der Waals surface area contributed by atoms with Crippen LogP contribution in [0.2, 0.25) is 0 Å². The molecule has 2 rings (SSSR count). The van der Waals surface area contributed by atoms with Crippen molar-refractivity contribution in [3.05, 3.63) is 28.3 Å². The number of nitrogens with zero attached hydrogens (tertiary/aromatic N) is 3. The molecule has 1 aromatic heterocycles. The third-order valence-electron chi connectivity index (χ3n) is 2.99. The lowest BCUT2D eigenvalue weighted by Gasteiger charge is -2.12. The van der Waals surface area contributed by atoms with E-state index in [4.69, 9.17) is 0 Å². The molecule has 0 radical (unpaired) electrons. The van der Waals surface area contributed by atoms with E-state index in [0.717, 1.165) is 5.56 Å². The van der Waals surface area contributed by atoms with Gasteiger partial charge in [0.15, 0.2) is 5.78 Å². The average molecular weight is 275 g/mol. The van der Waals surface area contributed by atoms with Gasteiger partial charge in [0, 0.05) is 0 Å². The Morgan fingerprint density at radius 1 is 1.35 bits per heavy atom. The molecule has 0 aliphatic carbocycles. The molecule has 104 valence electrons. The molecule has 2 aromatic rings. The standard InChI is InChI=1S/C12H13N5O3/c1-5-4-8(10(19)9(6(5)2)7(3)18)11(20)13-12-14-16-17-15-12/h4,19H,1-3H3,(H2,13,14,15,16,17,20). The highest BCUT2D eigenvalue weighted by Crippen LogP contribution is 2.29. The van der Waals surface area contributed by atoms with Gasteiger partial charge < -0.3 is 5.11 Å². The maximum Gasteiger partial charge on any atom is 0.261 e. The number of aryl methyl sites for hydroxylation is 1. The molecule has 0 spiro atoms. The quantitative estimate of drug-likeness (QED) is 0.718. The van der Waals surface area contributed by atoms with Crippen LogP contribution < -0.4 is 5.32 Å². The molecular weight excluding hydrogens is 262 g/mol. The molecule has 0 atom stereocenters. The van der Waals surface area contributed by atoms with Crippen LogP contribution in [0.4, 0.5) is 5.95 Å². The first-order chi connectivity index (χ1) is 9.41. The summed E-state index contributed by atoms with van der Waals surface area (Å²) in [6.45, 7) is 4.81. The van der Waals surface area contributed by atoms with Gasteiger partial charge in [-0.15, -0.1) is 0 Å². The van der Waals surface area contributed by atoms with Gasteiger partial charge >= 0.3 is 0 Å². The minimum atomic E-state index is -0.605. The van der Waals surface area contributed by atoms with E-state index >= 15 is 0 Å². The van der Waals surface area contributed by atoms with Gasteiger partial charge in [0.25, 0.3) is 5.91 Å². The minimum Gasteiger partial charge on any atom is -0.506 e. The summed E-state index contributed by atoms with van der Waals surface area (Å²) in [7, 11) is 0. The maximum absolute atomic E-state index is 12.1. The zero-order chi connectivity index (χ0) is 14.9. The van der Waals surface area contributed by atoms with Gasteiger partial charge in [-0.1, -0.05) is 5.10 Å². The Balaban J connectivity index is 2.47. The minimum absolute atomic E-state index is 0.00491. The van der Waals surface area contributed by atoms with E-state index in [2.05, 4.69) is 25.9 Å². The van der Waals surface area contributed by atoms with E-state index in [1.165, 1.54) is 13.0 Å². The van der Waals surface area contributed by atoms with Crippen molar-refractivity contribution in [3.8, 4) is 5.75 Å². The van der Waals surface area contributed by atoms with E-state index < -0.39 is 5.91 Å². The van der Waals surface area contributed by atoms with Crippen molar-refractivity contribution < 1.29 is 14.7 Å². The largest absolute Gasteiger partial charge is 0.506 e. The van der Waals surface area contributed by atoms with Crippen molar-refractivity contribution in [1.29, 1.82) is 0 Å². The number of hydrogen-bond donors (Lipinski definition) is 3. The van der Waals surface area contributed by atoms with E-state index in [1.54, 1.807) is 13.8 Å². The number of rotatable bonds is 3. The molecule has 0 saturated heterocycles. The number of Topliss-reactive ketones (excluding diaryl/α,β-unsaturated/α-hetero) is 1. The van der Waals surface area contributed by atoms with Gasteiger partial charge in [-0.25, -0.2) is 5.10 Å². The van der Waals surface area contributed by atoms with Crippen LogP contribution in [0.1, 0.15) is 38.8 Å². The van der Waals surface area contributed by atoms with Crippen molar-refractivity contribution in [1.82, 2.24) is 20.6 Å². The number of aromatic nitrogens is 4. The zero-order valence-electron chi connectivity index (χ0n) is 11.2. The van der Waals surface area contributed by atoms with Crippen LogP contribution in [0.25, 0.3) is 0 Å². The fourth-order valence-electron chi connectivity index (χ4n) is 1.89. The molecule has 0 fully saturated rings. The summed E-state index contributed by atoms with van der Waals surface area (Å²) >= 11 is 0. The molecule has 3 N–H and O–H groups in total. The summed E-state index contributed by atoms with van der Waals surface area (Å²) in [5, 5.41) is 25.0. The molecule has 0 unspecified atom stereocenters. The number of ketones is 1. The molecular formula is C12H13N5O3. The topological polar surface area (TPSA) is 121 Å². The second kappa shape index (κ2) is 5.08. The van der Waals surface area contributed by atoms with E-state index in [1.807, 2.05) is 0 Å². The number of carbonyl (C=O) groups is 2.